The Labute approximate surface area is 200 Å². The van der Waals surface area contributed by atoms with Crippen molar-refractivity contribution in [3.63, 3.8) is 0 Å². The lowest BCUT2D eigenvalue weighted by Gasteiger charge is -2.14. The van der Waals surface area contributed by atoms with Crippen LogP contribution in [0.15, 0.2) is 83.3 Å². The maximum Gasteiger partial charge on any atom is 0.210 e. The van der Waals surface area contributed by atoms with Crippen LogP contribution >= 0.6 is 23.1 Å². The standard InChI is InChI=1S/C26H22N4OS2/c1-16-9-8-14-21(17(16)2)28-25-29-30-26(33-25)32-24(18-10-4-3-5-11-18)23(31)20-15-27-22-13-7-6-12-19(20)22/h3-15,24,27H,1-2H3,(H,28,29). The number of rotatable bonds is 7. The van der Waals surface area contributed by atoms with Crippen LogP contribution in [-0.2, 0) is 0 Å². The van der Waals surface area contributed by atoms with Gasteiger partial charge in [0, 0.05) is 28.4 Å². The van der Waals surface area contributed by atoms with Crippen molar-refractivity contribution in [1.82, 2.24) is 15.2 Å². The first-order valence-electron chi connectivity index (χ1n) is 10.6. The van der Waals surface area contributed by atoms with Crippen molar-refractivity contribution in [2.75, 3.05) is 5.32 Å². The lowest BCUT2D eigenvalue weighted by molar-refractivity contribution is 0.0991. The van der Waals surface area contributed by atoms with E-state index in [0.717, 1.165) is 26.5 Å². The molecule has 0 spiro atoms. The van der Waals surface area contributed by atoms with Gasteiger partial charge in [0.1, 0.15) is 5.25 Å². The lowest BCUT2D eigenvalue weighted by atomic mass is 10.0. The van der Waals surface area contributed by atoms with Gasteiger partial charge in [-0.1, -0.05) is 83.8 Å². The molecule has 0 aliphatic heterocycles. The van der Waals surface area contributed by atoms with Gasteiger partial charge in [-0.3, -0.25) is 4.79 Å². The Morgan fingerprint density at radius 3 is 2.61 bits per heavy atom. The summed E-state index contributed by atoms with van der Waals surface area (Å²) in [6.07, 6.45) is 1.80. The maximum absolute atomic E-state index is 13.7. The third-order valence-corrected chi connectivity index (χ3v) is 7.84. The first kappa shape index (κ1) is 21.4. The summed E-state index contributed by atoms with van der Waals surface area (Å²) < 4.78 is 0.741. The highest BCUT2D eigenvalue weighted by Crippen LogP contribution is 2.41. The molecule has 0 fully saturated rings. The predicted molar refractivity (Wildman–Crippen MR) is 137 cm³/mol. The molecule has 2 N–H and O–H groups in total. The van der Waals surface area contributed by atoms with E-state index in [4.69, 9.17) is 0 Å². The van der Waals surface area contributed by atoms with E-state index >= 15 is 0 Å². The van der Waals surface area contributed by atoms with Crippen LogP contribution < -0.4 is 5.32 Å². The fraction of sp³-hybridized carbons (Fsp3) is 0.115. The molecule has 5 nitrogen and oxygen atoms in total. The van der Waals surface area contributed by atoms with Crippen LogP contribution in [0.1, 0.15) is 32.3 Å². The Morgan fingerprint density at radius 2 is 1.76 bits per heavy atom. The van der Waals surface area contributed by atoms with E-state index in [0.29, 0.717) is 10.7 Å². The number of nitrogens with one attached hydrogen (secondary N) is 2. The number of carbonyl (C=O) groups is 1. The largest absolute Gasteiger partial charge is 0.360 e. The zero-order chi connectivity index (χ0) is 22.8. The number of thioether (sulfide) groups is 1. The van der Waals surface area contributed by atoms with Gasteiger partial charge < -0.3 is 10.3 Å². The minimum absolute atomic E-state index is 0.0443. The molecule has 3 aromatic carbocycles. The molecule has 1 atom stereocenters. The molecule has 0 aliphatic rings. The topological polar surface area (TPSA) is 70.7 Å². The van der Waals surface area contributed by atoms with Crippen LogP contribution in [0.3, 0.4) is 0 Å². The zero-order valence-electron chi connectivity index (χ0n) is 18.2. The van der Waals surface area contributed by atoms with Crippen LogP contribution in [-0.4, -0.2) is 21.0 Å². The van der Waals surface area contributed by atoms with E-state index in [-0.39, 0.29) is 5.78 Å². The van der Waals surface area contributed by atoms with Crippen LogP contribution in [0.2, 0.25) is 0 Å². The second kappa shape index (κ2) is 9.21. The molecule has 7 heteroatoms. The van der Waals surface area contributed by atoms with Crippen molar-refractivity contribution in [2.45, 2.75) is 23.4 Å². The Kier molecular flexibility index (Phi) is 5.98. The third-order valence-electron chi connectivity index (χ3n) is 5.67. The monoisotopic (exact) mass is 470 g/mol. The van der Waals surface area contributed by atoms with Gasteiger partial charge in [-0.2, -0.15) is 0 Å². The van der Waals surface area contributed by atoms with Crippen molar-refractivity contribution < 1.29 is 4.79 Å². The molecule has 33 heavy (non-hydrogen) atoms. The fourth-order valence-corrected chi connectivity index (χ4v) is 5.75. The second-order valence-corrected chi connectivity index (χ2v) is 10.1. The predicted octanol–water partition coefficient (Wildman–Crippen LogP) is 7.10. The van der Waals surface area contributed by atoms with Crippen molar-refractivity contribution in [3.8, 4) is 0 Å². The molecule has 5 aromatic rings. The molecule has 5 rings (SSSR count). The van der Waals surface area contributed by atoms with Gasteiger partial charge in [-0.15, -0.1) is 10.2 Å². The average molecular weight is 471 g/mol. The summed E-state index contributed by atoms with van der Waals surface area (Å²) in [5, 5.41) is 13.3. The van der Waals surface area contributed by atoms with E-state index in [9.17, 15) is 4.79 Å². The minimum atomic E-state index is -0.424. The van der Waals surface area contributed by atoms with Crippen LogP contribution in [0.25, 0.3) is 10.9 Å². The number of hydrogen-bond donors (Lipinski definition) is 2. The number of fused-ring (bicyclic) bond motifs is 1. The van der Waals surface area contributed by atoms with Gasteiger partial charge in [-0.25, -0.2) is 0 Å². The number of ketones is 1. The summed E-state index contributed by atoms with van der Waals surface area (Å²) in [6, 6.07) is 23.8. The lowest BCUT2D eigenvalue weighted by Crippen LogP contribution is -2.09. The Hall–Kier alpha value is -3.42. The first-order valence-corrected chi connectivity index (χ1v) is 12.3. The Morgan fingerprint density at radius 1 is 0.970 bits per heavy atom. The van der Waals surface area contributed by atoms with Gasteiger partial charge in [0.05, 0.1) is 0 Å². The highest BCUT2D eigenvalue weighted by molar-refractivity contribution is 8.02. The number of nitrogens with zero attached hydrogens (tertiary/aromatic N) is 2. The number of carbonyl (C=O) groups excluding carboxylic acids is 1. The summed E-state index contributed by atoms with van der Waals surface area (Å²) in [5.41, 5.74) is 5.99. The smallest absolute Gasteiger partial charge is 0.210 e. The van der Waals surface area contributed by atoms with Gasteiger partial charge >= 0.3 is 0 Å². The number of aromatic nitrogens is 3. The molecular weight excluding hydrogens is 448 g/mol. The summed E-state index contributed by atoms with van der Waals surface area (Å²) in [5.74, 6) is 0.0443. The van der Waals surface area contributed by atoms with Crippen LogP contribution in [0.4, 0.5) is 10.8 Å². The number of para-hydroxylation sites is 1. The average Bonchev–Trinajstić information content (AvgIpc) is 3.47. The molecule has 0 saturated carbocycles. The Balaban J connectivity index is 1.44. The fourth-order valence-electron chi connectivity index (χ4n) is 3.73. The molecule has 164 valence electrons. The molecule has 0 bridgehead atoms. The van der Waals surface area contributed by atoms with E-state index in [1.54, 1.807) is 6.20 Å². The summed E-state index contributed by atoms with van der Waals surface area (Å²) in [6.45, 7) is 4.17. The SMILES string of the molecule is Cc1cccc(Nc2nnc(SC(C(=O)c3c[nH]c4ccccc34)c3ccccc3)s2)c1C. The van der Waals surface area contributed by atoms with E-state index in [2.05, 4.69) is 40.4 Å². The molecular formula is C26H22N4OS2. The number of Topliss-reactive ketones (excluding diaryl/α,β-unsaturated/α-hetero) is 1. The molecule has 0 saturated heterocycles. The van der Waals surface area contributed by atoms with Crippen molar-refractivity contribution in [2.24, 2.45) is 0 Å². The number of aryl methyl sites for hydroxylation is 1. The van der Waals surface area contributed by atoms with Crippen molar-refractivity contribution in [1.29, 1.82) is 0 Å². The summed E-state index contributed by atoms with van der Waals surface area (Å²) in [4.78, 5) is 16.9. The molecule has 0 amide bonds. The number of hydrogen-bond acceptors (Lipinski definition) is 6. The number of H-pyrrole nitrogens is 1. The summed E-state index contributed by atoms with van der Waals surface area (Å²) in [7, 11) is 0. The first-order chi connectivity index (χ1) is 16.1. The van der Waals surface area contributed by atoms with Crippen molar-refractivity contribution >= 4 is 50.6 Å². The normalized spacial score (nSPS) is 12.1. The number of aromatic amines is 1. The van der Waals surface area contributed by atoms with Crippen LogP contribution in [0.5, 0.6) is 0 Å². The van der Waals surface area contributed by atoms with Gasteiger partial charge in [0.25, 0.3) is 0 Å². The van der Waals surface area contributed by atoms with Gasteiger partial charge in [-0.05, 0) is 42.7 Å². The summed E-state index contributed by atoms with van der Waals surface area (Å²) >= 11 is 2.89. The van der Waals surface area contributed by atoms with Crippen LogP contribution in [0, 0.1) is 13.8 Å². The van der Waals surface area contributed by atoms with E-state index < -0.39 is 5.25 Å². The molecule has 0 radical (unpaired) electrons. The molecule has 2 heterocycles. The highest BCUT2D eigenvalue weighted by atomic mass is 32.2. The number of benzene rings is 3. The quantitative estimate of drug-likeness (QED) is 0.196. The Bertz CT molecular complexity index is 1420. The zero-order valence-corrected chi connectivity index (χ0v) is 19.8. The molecule has 1 unspecified atom stereocenters. The minimum Gasteiger partial charge on any atom is -0.360 e. The van der Waals surface area contributed by atoms with Gasteiger partial charge in [0.15, 0.2) is 10.1 Å². The van der Waals surface area contributed by atoms with Crippen molar-refractivity contribution in [3.05, 3.63) is 101 Å². The van der Waals surface area contributed by atoms with E-state index in [1.807, 2.05) is 66.7 Å². The molecule has 2 aromatic heterocycles. The number of anilines is 2. The van der Waals surface area contributed by atoms with Gasteiger partial charge in [0.2, 0.25) is 5.13 Å². The van der Waals surface area contributed by atoms with E-state index in [1.165, 1.54) is 34.2 Å². The molecule has 0 aliphatic carbocycles. The maximum atomic E-state index is 13.7. The highest BCUT2D eigenvalue weighted by Gasteiger charge is 2.27. The second-order valence-electron chi connectivity index (χ2n) is 7.77. The third kappa shape index (κ3) is 4.42.